The van der Waals surface area contributed by atoms with E-state index in [1.807, 2.05) is 0 Å². The molecule has 1 rings (SSSR count). The number of hydrogen-bond acceptors (Lipinski definition) is 2. The van der Waals surface area contributed by atoms with Crippen LogP contribution in [-0.4, -0.2) is 26.3 Å². The lowest BCUT2D eigenvalue weighted by Crippen LogP contribution is -2.30. The molecule has 1 fully saturated rings. The van der Waals surface area contributed by atoms with Crippen LogP contribution in [0.15, 0.2) is 0 Å². The van der Waals surface area contributed by atoms with Crippen LogP contribution in [0, 0.1) is 0 Å². The highest BCUT2D eigenvalue weighted by atomic mass is 16.5. The summed E-state index contributed by atoms with van der Waals surface area (Å²) in [4.78, 5) is 0. The molecule has 1 aliphatic heterocycles. The fourth-order valence-electron chi connectivity index (χ4n) is 0.516. The van der Waals surface area contributed by atoms with E-state index >= 15 is 0 Å². The summed E-state index contributed by atoms with van der Waals surface area (Å²) in [6, 6.07) is 0. The van der Waals surface area contributed by atoms with Gasteiger partial charge in [-0.2, -0.15) is 0 Å². The third-order valence-corrected chi connectivity index (χ3v) is 0.846. The van der Waals surface area contributed by atoms with Gasteiger partial charge < -0.3 is 10.1 Å². The second-order valence-electron chi connectivity index (χ2n) is 1.36. The highest BCUT2D eigenvalue weighted by Crippen LogP contribution is 1.76. The van der Waals surface area contributed by atoms with Gasteiger partial charge in [-0.15, -0.1) is 0 Å². The van der Waals surface area contributed by atoms with Crippen molar-refractivity contribution in [1.82, 2.24) is 5.32 Å². The van der Waals surface area contributed by atoms with Crippen molar-refractivity contribution in [1.29, 1.82) is 0 Å². The molecule has 0 aromatic rings. The molecule has 1 saturated heterocycles. The standard InChI is InChI=1S/C4H9NO/c1-3-6-4-2-5-1/h5H,1-4H2/i1+1. The monoisotopic (exact) mass is 88.1 g/mol. The zero-order valence-electron chi connectivity index (χ0n) is 3.74. The Bertz CT molecular complexity index is 23.0. The molecule has 2 heteroatoms. The first-order valence-electron chi connectivity index (χ1n) is 2.28. The van der Waals surface area contributed by atoms with E-state index in [1.165, 1.54) is 0 Å². The maximum absolute atomic E-state index is 5.01. The summed E-state index contributed by atoms with van der Waals surface area (Å²) in [6.45, 7) is 3.83. The molecule has 0 aromatic heterocycles. The largest absolute Gasteiger partial charge is 0.379 e. The molecule has 1 N–H and O–H groups in total. The summed E-state index contributed by atoms with van der Waals surface area (Å²) in [6.07, 6.45) is 0. The first-order valence-corrected chi connectivity index (χ1v) is 2.28. The van der Waals surface area contributed by atoms with Crippen LogP contribution in [0.25, 0.3) is 0 Å². The van der Waals surface area contributed by atoms with E-state index in [0.29, 0.717) is 0 Å². The molecular weight excluding hydrogens is 79.0 g/mol. The average Bonchev–Trinajstić information content (AvgIpc) is 1.72. The molecule has 0 atom stereocenters. The van der Waals surface area contributed by atoms with Crippen molar-refractivity contribution < 1.29 is 4.74 Å². The third-order valence-electron chi connectivity index (χ3n) is 0.846. The van der Waals surface area contributed by atoms with Gasteiger partial charge in [-0.3, -0.25) is 0 Å². The van der Waals surface area contributed by atoms with Crippen LogP contribution >= 0.6 is 0 Å². The zero-order chi connectivity index (χ0) is 4.24. The summed E-state index contributed by atoms with van der Waals surface area (Å²) in [7, 11) is 0. The maximum atomic E-state index is 5.01. The number of nitrogens with one attached hydrogen (secondary N) is 1. The smallest absolute Gasteiger partial charge is 0.0591 e. The fraction of sp³-hybridized carbons (Fsp3) is 1.00. The summed E-state index contributed by atoms with van der Waals surface area (Å²) in [5.41, 5.74) is 0. The summed E-state index contributed by atoms with van der Waals surface area (Å²) >= 11 is 0. The van der Waals surface area contributed by atoms with Gasteiger partial charge in [-0.1, -0.05) is 0 Å². The van der Waals surface area contributed by atoms with Crippen molar-refractivity contribution in [3.8, 4) is 0 Å². The quantitative estimate of drug-likeness (QED) is 0.407. The van der Waals surface area contributed by atoms with Gasteiger partial charge in [0.1, 0.15) is 0 Å². The molecule has 0 amide bonds. The summed E-state index contributed by atoms with van der Waals surface area (Å²) in [5.74, 6) is 0. The predicted octanol–water partition coefficient (Wildman–Crippen LogP) is -0.394. The number of hydrogen-bond donors (Lipinski definition) is 1. The fourth-order valence-corrected chi connectivity index (χ4v) is 0.516. The maximum Gasteiger partial charge on any atom is 0.0591 e. The van der Waals surface area contributed by atoms with Crippen LogP contribution in [0.2, 0.25) is 0 Å². The molecule has 1 aliphatic rings. The van der Waals surface area contributed by atoms with Crippen LogP contribution in [0.5, 0.6) is 0 Å². The van der Waals surface area contributed by atoms with Gasteiger partial charge in [0, 0.05) is 13.1 Å². The van der Waals surface area contributed by atoms with Crippen molar-refractivity contribution in [2.75, 3.05) is 26.3 Å². The Hall–Kier alpha value is -0.0800. The van der Waals surface area contributed by atoms with Crippen molar-refractivity contribution >= 4 is 0 Å². The zero-order valence-corrected chi connectivity index (χ0v) is 3.74. The van der Waals surface area contributed by atoms with Crippen molar-refractivity contribution in [3.05, 3.63) is 0 Å². The molecule has 0 bridgehead atoms. The minimum Gasteiger partial charge on any atom is -0.379 e. The van der Waals surface area contributed by atoms with Crippen LogP contribution < -0.4 is 5.32 Å². The minimum atomic E-state index is 0.889. The van der Waals surface area contributed by atoms with Gasteiger partial charge in [-0.25, -0.2) is 0 Å². The number of rotatable bonds is 0. The first-order chi connectivity index (χ1) is 3.00. The van der Waals surface area contributed by atoms with Crippen LogP contribution in [0.1, 0.15) is 0 Å². The Kier molecular flexibility index (Phi) is 1.47. The van der Waals surface area contributed by atoms with E-state index in [4.69, 9.17) is 4.74 Å². The summed E-state index contributed by atoms with van der Waals surface area (Å²) < 4.78 is 5.01. The Labute approximate surface area is 37.5 Å². The van der Waals surface area contributed by atoms with E-state index < -0.39 is 0 Å². The number of morpholine rings is 1. The molecule has 0 radical (unpaired) electrons. The van der Waals surface area contributed by atoms with Crippen molar-refractivity contribution in [2.24, 2.45) is 0 Å². The Balaban J connectivity index is 2.00. The lowest BCUT2D eigenvalue weighted by Gasteiger charge is -2.10. The second-order valence-corrected chi connectivity index (χ2v) is 1.36. The normalized spacial score (nSPS) is 24.0. The van der Waals surface area contributed by atoms with E-state index in [2.05, 4.69) is 5.32 Å². The number of ether oxygens (including phenoxy) is 1. The second kappa shape index (κ2) is 2.16. The lowest BCUT2D eigenvalue weighted by molar-refractivity contribution is 0.109. The van der Waals surface area contributed by atoms with Crippen molar-refractivity contribution in [2.45, 2.75) is 0 Å². The predicted molar refractivity (Wildman–Crippen MR) is 23.7 cm³/mol. The molecule has 0 aromatic carbocycles. The van der Waals surface area contributed by atoms with Crippen LogP contribution in [0.3, 0.4) is 0 Å². The topological polar surface area (TPSA) is 21.3 Å². The Morgan fingerprint density at radius 1 is 1.17 bits per heavy atom. The summed E-state index contributed by atoms with van der Waals surface area (Å²) in [5, 5.41) is 3.16. The molecule has 0 spiro atoms. The lowest BCUT2D eigenvalue weighted by atomic mass is 10.7. The Morgan fingerprint density at radius 3 is 2.00 bits per heavy atom. The van der Waals surface area contributed by atoms with E-state index in [0.717, 1.165) is 26.3 Å². The van der Waals surface area contributed by atoms with Gasteiger partial charge in [-0.05, 0) is 0 Å². The third kappa shape index (κ3) is 0.954. The first kappa shape index (κ1) is 4.09. The molecule has 0 aliphatic carbocycles. The minimum absolute atomic E-state index is 0.889. The molecule has 1 heterocycles. The van der Waals surface area contributed by atoms with Crippen molar-refractivity contribution in [3.63, 3.8) is 0 Å². The van der Waals surface area contributed by atoms with E-state index in [-0.39, 0.29) is 0 Å². The average molecular weight is 88.1 g/mol. The molecular formula is C4H9NO. The molecule has 2 nitrogen and oxygen atoms in total. The van der Waals surface area contributed by atoms with E-state index in [1.54, 1.807) is 0 Å². The molecule has 36 valence electrons. The van der Waals surface area contributed by atoms with E-state index in [9.17, 15) is 0 Å². The Morgan fingerprint density at radius 2 is 1.83 bits per heavy atom. The van der Waals surface area contributed by atoms with Gasteiger partial charge in [0.2, 0.25) is 0 Å². The highest BCUT2D eigenvalue weighted by Gasteiger charge is 1.92. The highest BCUT2D eigenvalue weighted by molar-refractivity contribution is 4.49. The van der Waals surface area contributed by atoms with Crippen LogP contribution in [0.4, 0.5) is 0 Å². The molecule has 0 saturated carbocycles. The van der Waals surface area contributed by atoms with Gasteiger partial charge >= 0.3 is 0 Å². The van der Waals surface area contributed by atoms with Gasteiger partial charge in [0.15, 0.2) is 0 Å². The molecule has 6 heavy (non-hydrogen) atoms. The molecule has 0 unspecified atom stereocenters. The SMILES string of the molecule is C1COC[13CH2]N1. The van der Waals surface area contributed by atoms with Gasteiger partial charge in [0.05, 0.1) is 13.2 Å². The van der Waals surface area contributed by atoms with Crippen LogP contribution in [-0.2, 0) is 4.74 Å². The van der Waals surface area contributed by atoms with Gasteiger partial charge in [0.25, 0.3) is 0 Å².